The lowest BCUT2D eigenvalue weighted by molar-refractivity contribution is -0.140. The van der Waals surface area contributed by atoms with Gasteiger partial charge >= 0.3 is 12.0 Å². The van der Waals surface area contributed by atoms with Crippen LogP contribution in [0.15, 0.2) is 17.5 Å². The molecule has 0 saturated carbocycles. The maximum Gasteiger partial charge on any atom is 0.326 e. The number of carboxylic acids is 1. The minimum absolute atomic E-state index is 0.100. The molecule has 19 heavy (non-hydrogen) atoms. The van der Waals surface area contributed by atoms with E-state index < -0.39 is 12.0 Å². The zero-order valence-corrected chi connectivity index (χ0v) is 12.2. The number of hydrogen-bond donors (Lipinski definition) is 2. The fourth-order valence-electron chi connectivity index (χ4n) is 1.63. The average molecular weight is 284 g/mol. The molecule has 2 N–H and O–H groups in total. The molecule has 0 bridgehead atoms. The van der Waals surface area contributed by atoms with Crippen LogP contribution in [0.25, 0.3) is 0 Å². The molecule has 1 heterocycles. The second kappa shape index (κ2) is 7.13. The minimum atomic E-state index is -0.993. The lowest BCUT2D eigenvalue weighted by atomic mass is 9.99. The van der Waals surface area contributed by atoms with Crippen molar-refractivity contribution in [2.45, 2.75) is 32.9 Å². The number of carbonyl (C=O) groups is 2. The monoisotopic (exact) mass is 284 g/mol. The molecule has 0 aliphatic carbocycles. The molecule has 0 spiro atoms. The highest BCUT2D eigenvalue weighted by molar-refractivity contribution is 7.09. The van der Waals surface area contributed by atoms with E-state index in [1.807, 2.05) is 31.4 Å². The van der Waals surface area contributed by atoms with Crippen molar-refractivity contribution in [2.75, 3.05) is 7.05 Å². The summed E-state index contributed by atoms with van der Waals surface area (Å²) in [5.74, 6) is -1.09. The maximum absolute atomic E-state index is 12.0. The Morgan fingerprint density at radius 1 is 1.53 bits per heavy atom. The molecule has 0 aliphatic heterocycles. The molecule has 0 aliphatic rings. The van der Waals surface area contributed by atoms with Crippen molar-refractivity contribution in [3.8, 4) is 0 Å². The molecule has 1 aromatic rings. The summed E-state index contributed by atoms with van der Waals surface area (Å²) in [4.78, 5) is 25.7. The van der Waals surface area contributed by atoms with Crippen LogP contribution in [0.3, 0.4) is 0 Å². The van der Waals surface area contributed by atoms with Crippen LogP contribution in [0.5, 0.6) is 0 Å². The van der Waals surface area contributed by atoms with Gasteiger partial charge in [0.2, 0.25) is 0 Å². The summed E-state index contributed by atoms with van der Waals surface area (Å²) >= 11 is 1.57. The number of aliphatic carboxylic acids is 1. The Balaban J connectivity index is 2.58. The van der Waals surface area contributed by atoms with E-state index in [-0.39, 0.29) is 11.9 Å². The van der Waals surface area contributed by atoms with Crippen molar-refractivity contribution < 1.29 is 14.7 Å². The third-order valence-electron chi connectivity index (χ3n) is 3.08. The highest BCUT2D eigenvalue weighted by Gasteiger charge is 2.26. The molecule has 0 saturated heterocycles. The fraction of sp³-hybridized carbons (Fsp3) is 0.538. The molecular formula is C13H20N2O3S. The standard InChI is InChI=1S/C13H20N2O3S/c1-4-9(2)11(12(16)17)14-13(18)15(3)8-10-6-5-7-19-10/h5-7,9,11H,4,8H2,1-3H3,(H,14,18)(H,16,17)/t9-,11-/m0/s1. The van der Waals surface area contributed by atoms with Gasteiger partial charge in [-0.3, -0.25) is 0 Å². The number of nitrogens with zero attached hydrogens (tertiary/aromatic N) is 1. The van der Waals surface area contributed by atoms with Gasteiger partial charge in [0, 0.05) is 11.9 Å². The normalized spacial score (nSPS) is 13.6. The Morgan fingerprint density at radius 3 is 2.68 bits per heavy atom. The molecule has 0 unspecified atom stereocenters. The lowest BCUT2D eigenvalue weighted by Gasteiger charge is -2.24. The van der Waals surface area contributed by atoms with E-state index in [1.165, 1.54) is 4.90 Å². The van der Waals surface area contributed by atoms with E-state index >= 15 is 0 Å². The maximum atomic E-state index is 12.0. The fourth-order valence-corrected chi connectivity index (χ4v) is 2.39. The average Bonchev–Trinajstić information content (AvgIpc) is 2.86. The molecule has 1 rings (SSSR count). The topological polar surface area (TPSA) is 69.6 Å². The van der Waals surface area contributed by atoms with Crippen LogP contribution in [0.1, 0.15) is 25.1 Å². The van der Waals surface area contributed by atoms with Gasteiger partial charge in [-0.1, -0.05) is 26.3 Å². The number of amides is 2. The van der Waals surface area contributed by atoms with E-state index in [0.29, 0.717) is 13.0 Å². The van der Waals surface area contributed by atoms with Crippen LogP contribution in [0, 0.1) is 5.92 Å². The van der Waals surface area contributed by atoms with Crippen molar-refractivity contribution in [1.82, 2.24) is 10.2 Å². The minimum Gasteiger partial charge on any atom is -0.480 e. The quantitative estimate of drug-likeness (QED) is 0.842. The van der Waals surface area contributed by atoms with E-state index in [2.05, 4.69) is 5.32 Å². The van der Waals surface area contributed by atoms with Crippen molar-refractivity contribution in [3.05, 3.63) is 22.4 Å². The summed E-state index contributed by atoms with van der Waals surface area (Å²) in [5.41, 5.74) is 0. The summed E-state index contributed by atoms with van der Waals surface area (Å²) in [6.07, 6.45) is 0.700. The summed E-state index contributed by atoms with van der Waals surface area (Å²) in [7, 11) is 1.66. The SMILES string of the molecule is CC[C@H](C)[C@H](NC(=O)N(C)Cc1cccs1)C(=O)O. The molecule has 0 radical (unpaired) electrons. The number of carbonyl (C=O) groups excluding carboxylic acids is 1. The zero-order valence-electron chi connectivity index (χ0n) is 11.4. The first-order valence-corrected chi connectivity index (χ1v) is 7.10. The predicted molar refractivity (Wildman–Crippen MR) is 75.2 cm³/mol. The predicted octanol–water partition coefficient (Wildman–Crippen LogP) is 2.39. The largest absolute Gasteiger partial charge is 0.480 e. The van der Waals surface area contributed by atoms with Crippen LogP contribution in [-0.2, 0) is 11.3 Å². The van der Waals surface area contributed by atoms with E-state index in [0.717, 1.165) is 4.88 Å². The third-order valence-corrected chi connectivity index (χ3v) is 3.94. The highest BCUT2D eigenvalue weighted by atomic mass is 32.1. The Kier molecular flexibility index (Phi) is 5.82. The lowest BCUT2D eigenvalue weighted by Crippen LogP contribution is -2.49. The molecule has 2 atom stereocenters. The molecule has 6 heteroatoms. The van der Waals surface area contributed by atoms with E-state index in [1.54, 1.807) is 18.4 Å². The van der Waals surface area contributed by atoms with Gasteiger partial charge in [-0.25, -0.2) is 9.59 Å². The van der Waals surface area contributed by atoms with Crippen LogP contribution in [0.4, 0.5) is 4.79 Å². The number of urea groups is 1. The zero-order chi connectivity index (χ0) is 14.4. The first kappa shape index (κ1) is 15.5. The summed E-state index contributed by atoms with van der Waals surface area (Å²) in [6, 6.07) is 2.66. The van der Waals surface area contributed by atoms with Crippen LogP contribution >= 0.6 is 11.3 Å². The molecule has 2 amide bonds. The molecule has 106 valence electrons. The Morgan fingerprint density at radius 2 is 2.21 bits per heavy atom. The van der Waals surface area contributed by atoms with E-state index in [4.69, 9.17) is 5.11 Å². The Bertz CT molecular complexity index is 420. The number of hydrogen-bond acceptors (Lipinski definition) is 3. The van der Waals surface area contributed by atoms with Gasteiger partial charge in [-0.05, 0) is 17.4 Å². The number of nitrogens with one attached hydrogen (secondary N) is 1. The van der Waals surface area contributed by atoms with Crippen LogP contribution in [0.2, 0.25) is 0 Å². The summed E-state index contributed by atoms with van der Waals surface area (Å²) < 4.78 is 0. The summed E-state index contributed by atoms with van der Waals surface area (Å²) in [5, 5.41) is 13.6. The van der Waals surface area contributed by atoms with Gasteiger partial charge in [-0.2, -0.15) is 0 Å². The Labute approximate surface area is 117 Å². The molecule has 1 aromatic heterocycles. The second-order valence-corrected chi connectivity index (χ2v) is 5.62. The van der Waals surface area contributed by atoms with Crippen molar-refractivity contribution in [3.63, 3.8) is 0 Å². The van der Waals surface area contributed by atoms with Gasteiger partial charge in [0.15, 0.2) is 0 Å². The smallest absolute Gasteiger partial charge is 0.326 e. The van der Waals surface area contributed by atoms with Gasteiger partial charge in [0.1, 0.15) is 6.04 Å². The van der Waals surface area contributed by atoms with Gasteiger partial charge in [0.05, 0.1) is 6.54 Å². The van der Waals surface area contributed by atoms with Gasteiger partial charge in [0.25, 0.3) is 0 Å². The van der Waals surface area contributed by atoms with Crippen molar-refractivity contribution in [2.24, 2.45) is 5.92 Å². The summed E-state index contributed by atoms with van der Waals surface area (Å²) in [6.45, 7) is 4.21. The van der Waals surface area contributed by atoms with Crippen LogP contribution < -0.4 is 5.32 Å². The highest BCUT2D eigenvalue weighted by Crippen LogP contribution is 2.12. The van der Waals surface area contributed by atoms with Gasteiger partial charge in [-0.15, -0.1) is 11.3 Å². The second-order valence-electron chi connectivity index (χ2n) is 4.59. The van der Waals surface area contributed by atoms with Gasteiger partial charge < -0.3 is 15.3 Å². The number of carboxylic acid groups (broad SMARTS) is 1. The number of thiophene rings is 1. The molecule has 5 nitrogen and oxygen atoms in total. The molecule has 0 aromatic carbocycles. The Hall–Kier alpha value is -1.56. The molecular weight excluding hydrogens is 264 g/mol. The first-order valence-electron chi connectivity index (χ1n) is 6.22. The van der Waals surface area contributed by atoms with Crippen LogP contribution in [-0.4, -0.2) is 35.1 Å². The first-order chi connectivity index (χ1) is 8.95. The van der Waals surface area contributed by atoms with E-state index in [9.17, 15) is 9.59 Å². The van der Waals surface area contributed by atoms with Crippen molar-refractivity contribution >= 4 is 23.3 Å². The number of rotatable bonds is 6. The third kappa shape index (κ3) is 4.55. The van der Waals surface area contributed by atoms with Crippen molar-refractivity contribution in [1.29, 1.82) is 0 Å². The molecule has 0 fully saturated rings.